The van der Waals surface area contributed by atoms with Crippen molar-refractivity contribution in [1.29, 1.82) is 0 Å². The van der Waals surface area contributed by atoms with E-state index in [4.69, 9.17) is 4.42 Å². The second-order valence-corrected chi connectivity index (χ2v) is 7.23. The van der Waals surface area contributed by atoms with Crippen molar-refractivity contribution in [1.82, 2.24) is 15.2 Å². The van der Waals surface area contributed by atoms with Crippen LogP contribution in [0.15, 0.2) is 28.7 Å². The van der Waals surface area contributed by atoms with E-state index in [2.05, 4.69) is 48.1 Å². The third kappa shape index (κ3) is 4.92. The molecule has 0 saturated carbocycles. The molecule has 2 aromatic rings. The molecule has 0 fully saturated rings. The molecule has 0 saturated heterocycles. The highest BCUT2D eigenvalue weighted by Crippen LogP contribution is 2.22. The van der Waals surface area contributed by atoms with Gasteiger partial charge < -0.3 is 14.6 Å². The predicted molar refractivity (Wildman–Crippen MR) is 101 cm³/mol. The summed E-state index contributed by atoms with van der Waals surface area (Å²) in [5.74, 6) is 1.22. The van der Waals surface area contributed by atoms with Gasteiger partial charge in [0.2, 0.25) is 11.8 Å². The quantitative estimate of drug-likeness (QED) is 0.839. The smallest absolute Gasteiger partial charge is 0.226 e. The summed E-state index contributed by atoms with van der Waals surface area (Å²) < 4.78 is 5.76. The number of amides is 1. The Morgan fingerprint density at radius 3 is 2.44 bits per heavy atom. The van der Waals surface area contributed by atoms with E-state index < -0.39 is 0 Å². The maximum absolute atomic E-state index is 12.3. The number of aryl methyl sites for hydroxylation is 2. The molecule has 0 atom stereocenters. The summed E-state index contributed by atoms with van der Waals surface area (Å²) >= 11 is 0. The van der Waals surface area contributed by atoms with Gasteiger partial charge in [0.25, 0.3) is 0 Å². The number of benzene rings is 1. The maximum Gasteiger partial charge on any atom is 0.226 e. The first-order valence-electron chi connectivity index (χ1n) is 8.72. The number of oxazole rings is 1. The van der Waals surface area contributed by atoms with E-state index in [1.165, 1.54) is 5.56 Å². The highest BCUT2D eigenvalue weighted by Gasteiger charge is 2.22. The molecule has 136 valence electrons. The van der Waals surface area contributed by atoms with Crippen LogP contribution in [-0.2, 0) is 17.6 Å². The molecule has 0 aliphatic heterocycles. The number of nitrogens with zero attached hydrogens (tertiary/aromatic N) is 2. The first-order valence-corrected chi connectivity index (χ1v) is 8.72. The maximum atomic E-state index is 12.3. The molecule has 0 aliphatic carbocycles. The average molecular weight is 343 g/mol. The minimum atomic E-state index is -0.0965. The van der Waals surface area contributed by atoms with Crippen molar-refractivity contribution in [3.63, 3.8) is 0 Å². The molecule has 25 heavy (non-hydrogen) atoms. The molecule has 1 amide bonds. The third-order valence-corrected chi connectivity index (χ3v) is 4.76. The second kappa shape index (κ2) is 7.83. The first-order chi connectivity index (χ1) is 11.7. The summed E-state index contributed by atoms with van der Waals surface area (Å²) in [6.07, 6.45) is 1.23. The van der Waals surface area contributed by atoms with Crippen LogP contribution in [0.5, 0.6) is 0 Å². The van der Waals surface area contributed by atoms with Crippen LogP contribution in [-0.4, -0.2) is 42.0 Å². The summed E-state index contributed by atoms with van der Waals surface area (Å²) in [7, 11) is 4.01. The van der Waals surface area contributed by atoms with E-state index in [9.17, 15) is 4.79 Å². The van der Waals surface area contributed by atoms with Crippen LogP contribution >= 0.6 is 0 Å². The molecule has 2 rings (SSSR count). The van der Waals surface area contributed by atoms with Crippen LogP contribution in [0.4, 0.5) is 0 Å². The van der Waals surface area contributed by atoms with Crippen LogP contribution in [0.2, 0.25) is 0 Å². The van der Waals surface area contributed by atoms with Crippen LogP contribution in [0.3, 0.4) is 0 Å². The molecule has 0 aliphatic rings. The van der Waals surface area contributed by atoms with E-state index in [0.29, 0.717) is 23.9 Å². The zero-order valence-corrected chi connectivity index (χ0v) is 16.1. The number of carbonyl (C=O) groups excluding carboxylic acids is 1. The first kappa shape index (κ1) is 19.2. The summed E-state index contributed by atoms with van der Waals surface area (Å²) in [5, 5.41) is 2.98. The molecule has 0 radical (unpaired) electrons. The Labute approximate surface area is 150 Å². The molecule has 5 nitrogen and oxygen atoms in total. The van der Waals surface area contributed by atoms with Gasteiger partial charge in [-0.2, -0.15) is 0 Å². The van der Waals surface area contributed by atoms with Gasteiger partial charge in [0.05, 0.1) is 12.1 Å². The van der Waals surface area contributed by atoms with E-state index in [-0.39, 0.29) is 17.9 Å². The monoisotopic (exact) mass is 343 g/mol. The summed E-state index contributed by atoms with van der Waals surface area (Å²) in [6.45, 7) is 8.74. The molecule has 0 spiro atoms. The lowest BCUT2D eigenvalue weighted by molar-refractivity contribution is -0.121. The topological polar surface area (TPSA) is 58.4 Å². The number of aromatic nitrogens is 1. The van der Waals surface area contributed by atoms with Gasteiger partial charge in [-0.15, -0.1) is 0 Å². The Balaban J connectivity index is 2.03. The number of rotatable bonds is 7. The van der Waals surface area contributed by atoms with Crippen molar-refractivity contribution in [3.8, 4) is 11.5 Å². The fourth-order valence-corrected chi connectivity index (χ4v) is 2.29. The van der Waals surface area contributed by atoms with Crippen molar-refractivity contribution in [2.75, 3.05) is 20.6 Å². The van der Waals surface area contributed by atoms with E-state index in [1.54, 1.807) is 0 Å². The van der Waals surface area contributed by atoms with Crippen LogP contribution in [0, 0.1) is 6.92 Å². The largest absolute Gasteiger partial charge is 0.441 e. The Morgan fingerprint density at radius 1 is 1.24 bits per heavy atom. The van der Waals surface area contributed by atoms with Gasteiger partial charge in [-0.05, 0) is 59.0 Å². The van der Waals surface area contributed by atoms with Crippen LogP contribution < -0.4 is 5.32 Å². The standard InChI is InChI=1S/C20H29N3O2/c1-7-15-8-10-16(11-9-15)19-22-17(14(2)25-19)12-18(24)21-13-20(3,4)23(5)6/h8-11H,7,12-13H2,1-6H3,(H,21,24). The van der Waals surface area contributed by atoms with Crippen molar-refractivity contribution >= 4 is 5.91 Å². The minimum Gasteiger partial charge on any atom is -0.441 e. The third-order valence-electron chi connectivity index (χ3n) is 4.76. The van der Waals surface area contributed by atoms with Crippen molar-refractivity contribution in [3.05, 3.63) is 41.3 Å². The Bertz CT molecular complexity index is 715. The summed E-state index contributed by atoms with van der Waals surface area (Å²) in [6, 6.07) is 8.16. The number of nitrogens with one attached hydrogen (secondary N) is 1. The fraction of sp³-hybridized carbons (Fsp3) is 0.500. The van der Waals surface area contributed by atoms with Gasteiger partial charge >= 0.3 is 0 Å². The zero-order valence-electron chi connectivity index (χ0n) is 16.1. The van der Waals surface area contributed by atoms with Crippen molar-refractivity contribution < 1.29 is 9.21 Å². The Hall–Kier alpha value is -2.14. The molecular weight excluding hydrogens is 314 g/mol. The minimum absolute atomic E-state index is 0.0424. The number of carbonyl (C=O) groups is 1. The second-order valence-electron chi connectivity index (χ2n) is 7.23. The van der Waals surface area contributed by atoms with Gasteiger partial charge in [-0.25, -0.2) is 4.98 Å². The highest BCUT2D eigenvalue weighted by atomic mass is 16.4. The van der Waals surface area contributed by atoms with Gasteiger partial charge in [-0.1, -0.05) is 19.1 Å². The molecule has 0 unspecified atom stereocenters. The lowest BCUT2D eigenvalue weighted by atomic mass is 10.0. The molecule has 1 aromatic heterocycles. The van der Waals surface area contributed by atoms with Gasteiger partial charge in [0, 0.05) is 17.6 Å². The molecule has 1 heterocycles. The SMILES string of the molecule is CCc1ccc(-c2nc(CC(=O)NCC(C)(C)N(C)C)c(C)o2)cc1. The molecule has 0 bridgehead atoms. The van der Waals surface area contributed by atoms with Crippen LogP contribution in [0.25, 0.3) is 11.5 Å². The number of hydrogen-bond acceptors (Lipinski definition) is 4. The lowest BCUT2D eigenvalue weighted by Crippen LogP contribution is -2.48. The number of hydrogen-bond donors (Lipinski definition) is 1. The molecular formula is C20H29N3O2. The van der Waals surface area contributed by atoms with Gasteiger partial charge in [-0.3, -0.25) is 4.79 Å². The molecule has 1 N–H and O–H groups in total. The van der Waals surface area contributed by atoms with Crippen molar-refractivity contribution in [2.24, 2.45) is 0 Å². The number of likely N-dealkylation sites (N-methyl/N-ethyl adjacent to an activating group) is 1. The highest BCUT2D eigenvalue weighted by molar-refractivity contribution is 5.78. The lowest BCUT2D eigenvalue weighted by Gasteiger charge is -2.32. The van der Waals surface area contributed by atoms with E-state index in [0.717, 1.165) is 12.0 Å². The summed E-state index contributed by atoms with van der Waals surface area (Å²) in [4.78, 5) is 18.9. The van der Waals surface area contributed by atoms with Crippen molar-refractivity contribution in [2.45, 2.75) is 46.1 Å². The van der Waals surface area contributed by atoms with E-state index >= 15 is 0 Å². The Morgan fingerprint density at radius 2 is 1.88 bits per heavy atom. The average Bonchev–Trinajstić information content (AvgIpc) is 2.94. The fourth-order valence-electron chi connectivity index (χ4n) is 2.29. The molecule has 5 heteroatoms. The van der Waals surface area contributed by atoms with E-state index in [1.807, 2.05) is 33.2 Å². The van der Waals surface area contributed by atoms with Crippen LogP contribution in [0.1, 0.15) is 37.8 Å². The normalized spacial score (nSPS) is 11.8. The van der Waals surface area contributed by atoms with Gasteiger partial charge in [0.1, 0.15) is 5.76 Å². The predicted octanol–water partition coefficient (Wildman–Crippen LogP) is 3.21. The zero-order chi connectivity index (χ0) is 18.6. The Kier molecular flexibility index (Phi) is 6.01. The summed E-state index contributed by atoms with van der Waals surface area (Å²) in [5.41, 5.74) is 2.80. The van der Waals surface area contributed by atoms with Gasteiger partial charge in [0.15, 0.2) is 0 Å². The molecule has 1 aromatic carbocycles.